The van der Waals surface area contributed by atoms with Gasteiger partial charge in [-0.2, -0.15) is 0 Å². The number of carbonyl (C=O) groups excluding carboxylic acids is 1. The Bertz CT molecular complexity index is 290. The van der Waals surface area contributed by atoms with E-state index in [9.17, 15) is 4.79 Å². The Morgan fingerprint density at radius 3 is 2.15 bits per heavy atom. The molecule has 0 aromatic carbocycles. The molecule has 0 aromatic heterocycles. The van der Waals surface area contributed by atoms with E-state index in [2.05, 4.69) is 13.0 Å². The van der Waals surface area contributed by atoms with Crippen molar-refractivity contribution in [1.29, 1.82) is 0 Å². The number of unbranched alkanes of at least 4 members (excludes halogenated alkanes) is 8. The predicted octanol–water partition coefficient (Wildman–Crippen LogP) is 5.58. The first-order valence-electron chi connectivity index (χ1n) is 8.17. The minimum atomic E-state index is -0.218. The van der Waals surface area contributed by atoms with Gasteiger partial charge in [-0.15, -0.1) is 0 Å². The first kappa shape index (κ1) is 18.9. The molecule has 0 amide bonds. The van der Waals surface area contributed by atoms with E-state index in [1.807, 2.05) is 13.0 Å². The maximum atomic E-state index is 11.3. The summed E-state index contributed by atoms with van der Waals surface area (Å²) in [4.78, 5) is 11.3. The summed E-state index contributed by atoms with van der Waals surface area (Å²) in [6, 6.07) is 0. The molecule has 0 heterocycles. The average Bonchev–Trinajstić information content (AvgIpc) is 2.47. The van der Waals surface area contributed by atoms with Crippen LogP contribution in [0.5, 0.6) is 0 Å². The van der Waals surface area contributed by atoms with Crippen LogP contribution < -0.4 is 0 Å². The van der Waals surface area contributed by atoms with Gasteiger partial charge in [0.1, 0.15) is 6.61 Å². The molecule has 0 aliphatic carbocycles. The highest BCUT2D eigenvalue weighted by Gasteiger charge is 2.01. The van der Waals surface area contributed by atoms with Crippen molar-refractivity contribution in [2.45, 2.75) is 78.6 Å². The maximum Gasteiger partial charge on any atom is 0.333 e. The number of esters is 1. The Balaban J connectivity index is 3.30. The van der Waals surface area contributed by atoms with Gasteiger partial charge < -0.3 is 4.74 Å². The van der Waals surface area contributed by atoms with Gasteiger partial charge in [-0.1, -0.05) is 70.1 Å². The van der Waals surface area contributed by atoms with Crippen LogP contribution >= 0.6 is 0 Å². The summed E-state index contributed by atoms with van der Waals surface area (Å²) in [6.07, 6.45) is 17.7. The molecule has 0 atom stereocenters. The van der Waals surface area contributed by atoms with Crippen LogP contribution in [0.25, 0.3) is 0 Å². The van der Waals surface area contributed by atoms with Crippen molar-refractivity contribution in [3.63, 3.8) is 0 Å². The van der Waals surface area contributed by atoms with E-state index in [4.69, 9.17) is 4.74 Å². The van der Waals surface area contributed by atoms with Crippen LogP contribution in [-0.2, 0) is 9.53 Å². The lowest BCUT2D eigenvalue weighted by Crippen LogP contribution is -2.05. The normalized spacial score (nSPS) is 12.1. The third kappa shape index (κ3) is 12.0. The summed E-state index contributed by atoms with van der Waals surface area (Å²) in [5.74, 6) is -0.218. The van der Waals surface area contributed by atoms with E-state index in [0.29, 0.717) is 12.2 Å². The van der Waals surface area contributed by atoms with E-state index in [0.717, 1.165) is 6.42 Å². The minimum absolute atomic E-state index is 0.218. The quantitative estimate of drug-likeness (QED) is 0.202. The molecule has 0 unspecified atom stereocenters. The SMILES string of the molecule is C/C=C(\C)C(=O)OC/C=C/CCCCCCCCCC. The number of ether oxygens (including phenoxy) is 1. The van der Waals surface area contributed by atoms with Crippen molar-refractivity contribution in [2.75, 3.05) is 6.61 Å². The lowest BCUT2D eigenvalue weighted by atomic mass is 10.1. The second kappa shape index (κ2) is 14.4. The molecule has 20 heavy (non-hydrogen) atoms. The number of carbonyl (C=O) groups is 1. The fourth-order valence-corrected chi connectivity index (χ4v) is 1.94. The summed E-state index contributed by atoms with van der Waals surface area (Å²) < 4.78 is 5.08. The third-order valence-corrected chi connectivity index (χ3v) is 3.46. The van der Waals surface area contributed by atoms with Crippen LogP contribution in [0.2, 0.25) is 0 Å². The number of hydrogen-bond acceptors (Lipinski definition) is 2. The number of rotatable bonds is 12. The second-order valence-electron chi connectivity index (χ2n) is 5.31. The maximum absolute atomic E-state index is 11.3. The van der Waals surface area contributed by atoms with E-state index in [1.54, 1.807) is 13.0 Å². The summed E-state index contributed by atoms with van der Waals surface area (Å²) >= 11 is 0. The van der Waals surface area contributed by atoms with Gasteiger partial charge >= 0.3 is 5.97 Å². The molecule has 0 N–H and O–H groups in total. The molecule has 0 spiro atoms. The molecule has 2 nitrogen and oxygen atoms in total. The highest BCUT2D eigenvalue weighted by atomic mass is 16.5. The molecule has 0 bridgehead atoms. The average molecular weight is 280 g/mol. The van der Waals surface area contributed by atoms with Crippen molar-refractivity contribution in [3.8, 4) is 0 Å². The predicted molar refractivity (Wildman–Crippen MR) is 86.8 cm³/mol. The second-order valence-corrected chi connectivity index (χ2v) is 5.31. The molecule has 0 aromatic rings. The monoisotopic (exact) mass is 280 g/mol. The zero-order chi connectivity index (χ0) is 15.1. The Kier molecular flexibility index (Phi) is 13.6. The van der Waals surface area contributed by atoms with Gasteiger partial charge in [-0.25, -0.2) is 4.79 Å². The van der Waals surface area contributed by atoms with Gasteiger partial charge in [-0.05, 0) is 26.7 Å². The van der Waals surface area contributed by atoms with Crippen LogP contribution in [-0.4, -0.2) is 12.6 Å². The molecular weight excluding hydrogens is 248 g/mol. The number of hydrogen-bond donors (Lipinski definition) is 0. The van der Waals surface area contributed by atoms with Gasteiger partial charge in [0.05, 0.1) is 0 Å². The molecule has 0 saturated carbocycles. The summed E-state index contributed by atoms with van der Waals surface area (Å²) in [6.45, 7) is 6.26. The van der Waals surface area contributed by atoms with Crippen molar-refractivity contribution in [1.82, 2.24) is 0 Å². The number of allylic oxidation sites excluding steroid dienone is 2. The Morgan fingerprint density at radius 1 is 0.950 bits per heavy atom. The fraction of sp³-hybridized carbons (Fsp3) is 0.722. The first-order chi connectivity index (χ1) is 9.72. The zero-order valence-corrected chi connectivity index (χ0v) is 13.6. The van der Waals surface area contributed by atoms with Crippen molar-refractivity contribution in [3.05, 3.63) is 23.8 Å². The van der Waals surface area contributed by atoms with Gasteiger partial charge in [0.25, 0.3) is 0 Å². The molecule has 2 heteroatoms. The van der Waals surface area contributed by atoms with E-state index in [1.165, 1.54) is 51.4 Å². The molecule has 0 radical (unpaired) electrons. The largest absolute Gasteiger partial charge is 0.458 e. The smallest absolute Gasteiger partial charge is 0.333 e. The summed E-state index contributed by atoms with van der Waals surface area (Å²) in [5, 5.41) is 0. The molecule has 0 aliphatic heterocycles. The summed E-state index contributed by atoms with van der Waals surface area (Å²) in [5.41, 5.74) is 0.668. The fourth-order valence-electron chi connectivity index (χ4n) is 1.94. The van der Waals surface area contributed by atoms with Gasteiger partial charge in [0, 0.05) is 5.57 Å². The molecular formula is C18H32O2. The van der Waals surface area contributed by atoms with Crippen LogP contribution in [0.15, 0.2) is 23.8 Å². The Morgan fingerprint density at radius 2 is 1.55 bits per heavy atom. The van der Waals surface area contributed by atoms with E-state index in [-0.39, 0.29) is 5.97 Å². The molecule has 0 saturated heterocycles. The zero-order valence-electron chi connectivity index (χ0n) is 13.6. The highest BCUT2D eigenvalue weighted by Crippen LogP contribution is 2.09. The van der Waals surface area contributed by atoms with Gasteiger partial charge in [0.15, 0.2) is 0 Å². The molecule has 0 aliphatic rings. The van der Waals surface area contributed by atoms with Crippen molar-refractivity contribution < 1.29 is 9.53 Å². The standard InChI is InChI=1S/C18H32O2/c1-4-6-7-8-9-10-11-12-13-14-15-16-20-18(19)17(3)5-2/h5,14-15H,4,6-13,16H2,1-3H3/b15-14+,17-5+. The molecule has 116 valence electrons. The minimum Gasteiger partial charge on any atom is -0.458 e. The van der Waals surface area contributed by atoms with Gasteiger partial charge in [-0.3, -0.25) is 0 Å². The van der Waals surface area contributed by atoms with E-state index < -0.39 is 0 Å². The lowest BCUT2D eigenvalue weighted by molar-refractivity contribution is -0.137. The molecule has 0 rings (SSSR count). The lowest BCUT2D eigenvalue weighted by Gasteiger charge is -2.01. The van der Waals surface area contributed by atoms with Crippen LogP contribution in [0.3, 0.4) is 0 Å². The van der Waals surface area contributed by atoms with Crippen molar-refractivity contribution in [2.24, 2.45) is 0 Å². The molecule has 0 fully saturated rings. The van der Waals surface area contributed by atoms with Crippen LogP contribution in [0.4, 0.5) is 0 Å². The topological polar surface area (TPSA) is 26.3 Å². The summed E-state index contributed by atoms with van der Waals surface area (Å²) in [7, 11) is 0. The highest BCUT2D eigenvalue weighted by molar-refractivity contribution is 5.87. The van der Waals surface area contributed by atoms with Crippen LogP contribution in [0.1, 0.15) is 78.6 Å². The Hall–Kier alpha value is -1.05. The van der Waals surface area contributed by atoms with Crippen molar-refractivity contribution >= 4 is 5.97 Å². The first-order valence-corrected chi connectivity index (χ1v) is 8.17. The van der Waals surface area contributed by atoms with Crippen LogP contribution in [0, 0.1) is 0 Å². The van der Waals surface area contributed by atoms with E-state index >= 15 is 0 Å². The Labute approximate surface area is 125 Å². The third-order valence-electron chi connectivity index (χ3n) is 3.46. The van der Waals surface area contributed by atoms with Gasteiger partial charge in [0.2, 0.25) is 0 Å².